The number of halogens is 3. The molecule has 3 nitrogen and oxygen atoms in total. The first-order valence-electron chi connectivity index (χ1n) is 5.10. The average molecular weight is 324 g/mol. The highest BCUT2D eigenvalue weighted by atomic mass is 35.5. The first-order chi connectivity index (χ1) is 8.45. The van der Waals surface area contributed by atoms with Crippen LogP contribution in [0.5, 0.6) is 0 Å². The Morgan fingerprint density at radius 3 is 2.28 bits per heavy atom. The summed E-state index contributed by atoms with van der Waals surface area (Å²) in [5.41, 5.74) is 0.690. The molecule has 0 amide bonds. The maximum absolute atomic E-state index is 6.24. The lowest BCUT2D eigenvalue weighted by Crippen LogP contribution is -2.40. The van der Waals surface area contributed by atoms with E-state index in [2.05, 4.69) is 4.98 Å². The highest BCUT2D eigenvalue weighted by Gasteiger charge is 2.24. The van der Waals surface area contributed by atoms with Crippen molar-refractivity contribution in [2.24, 2.45) is 7.05 Å². The molecule has 0 spiro atoms. The molecule has 96 valence electrons. The summed E-state index contributed by atoms with van der Waals surface area (Å²) in [6, 6.07) is 3.34. The lowest BCUT2D eigenvalue weighted by atomic mass is 10.3. The second kappa shape index (κ2) is 5.29. The fraction of sp³-hybridized carbons (Fsp3) is 0.273. The monoisotopic (exact) mass is 322 g/mol. The van der Waals surface area contributed by atoms with Crippen LogP contribution < -0.4 is 4.68 Å². The van der Waals surface area contributed by atoms with E-state index in [0.717, 1.165) is 11.0 Å². The topological polar surface area (TPSA) is 21.7 Å². The molecule has 0 aliphatic rings. The Hall–Kier alpha value is -0.420. The van der Waals surface area contributed by atoms with Crippen molar-refractivity contribution < 1.29 is 4.68 Å². The van der Waals surface area contributed by atoms with E-state index < -0.39 is 0 Å². The lowest BCUT2D eigenvalue weighted by molar-refractivity contribution is -0.753. The van der Waals surface area contributed by atoms with E-state index in [4.69, 9.17) is 34.8 Å². The highest BCUT2D eigenvalue weighted by Crippen LogP contribution is 2.33. The number of nitrogens with zero attached hydrogens (tertiary/aromatic N) is 3. The molecule has 0 N–H and O–H groups in total. The first-order valence-corrected chi connectivity index (χ1v) is 7.46. The lowest BCUT2D eigenvalue weighted by Gasteiger charge is -2.09. The number of aromatic nitrogens is 3. The summed E-state index contributed by atoms with van der Waals surface area (Å²) in [5, 5.41) is 2.33. The van der Waals surface area contributed by atoms with Gasteiger partial charge in [0.25, 0.3) is 0 Å². The molecule has 1 aromatic heterocycles. The van der Waals surface area contributed by atoms with Crippen LogP contribution in [0.3, 0.4) is 0 Å². The SMILES string of the molecule is CSc1nc(C)[n+](C)n1-c1c(Cl)cc(Cl)cc1Cl. The van der Waals surface area contributed by atoms with Gasteiger partial charge in [-0.15, -0.1) is 4.68 Å². The Labute approximate surface area is 125 Å². The third-order valence-electron chi connectivity index (χ3n) is 2.58. The number of hydrogen-bond acceptors (Lipinski definition) is 2. The van der Waals surface area contributed by atoms with E-state index in [9.17, 15) is 0 Å². The van der Waals surface area contributed by atoms with Crippen molar-refractivity contribution in [3.63, 3.8) is 0 Å². The van der Waals surface area contributed by atoms with Crippen LogP contribution in [0.1, 0.15) is 5.82 Å². The normalized spacial score (nSPS) is 11.0. The maximum Gasteiger partial charge on any atom is 0.317 e. The van der Waals surface area contributed by atoms with Gasteiger partial charge in [0.15, 0.2) is 0 Å². The molecular formula is C11H11Cl3N3S+. The fourth-order valence-corrected chi connectivity index (χ4v) is 3.23. The summed E-state index contributed by atoms with van der Waals surface area (Å²) in [7, 11) is 1.91. The molecule has 0 saturated heterocycles. The molecule has 0 aliphatic heterocycles. The van der Waals surface area contributed by atoms with Gasteiger partial charge in [-0.25, -0.2) is 0 Å². The molecular weight excluding hydrogens is 313 g/mol. The van der Waals surface area contributed by atoms with Gasteiger partial charge in [0.2, 0.25) is 0 Å². The van der Waals surface area contributed by atoms with E-state index in [1.54, 1.807) is 12.1 Å². The van der Waals surface area contributed by atoms with E-state index in [-0.39, 0.29) is 0 Å². The van der Waals surface area contributed by atoms with Gasteiger partial charge in [-0.05, 0) is 23.4 Å². The minimum absolute atomic E-state index is 0.496. The van der Waals surface area contributed by atoms with Gasteiger partial charge in [-0.3, -0.25) is 0 Å². The molecule has 0 radical (unpaired) electrons. The smallest absolute Gasteiger partial charge is 0.151 e. The van der Waals surface area contributed by atoms with Crippen LogP contribution in [0.15, 0.2) is 17.3 Å². The second-order valence-electron chi connectivity index (χ2n) is 3.70. The van der Waals surface area contributed by atoms with Crippen LogP contribution in [0.4, 0.5) is 0 Å². The third-order valence-corrected chi connectivity index (χ3v) is 4.01. The highest BCUT2D eigenvalue weighted by molar-refractivity contribution is 7.98. The summed E-state index contributed by atoms with van der Waals surface area (Å²) < 4.78 is 3.77. The van der Waals surface area contributed by atoms with E-state index in [1.807, 2.05) is 29.6 Å². The Morgan fingerprint density at radius 2 is 1.78 bits per heavy atom. The molecule has 0 unspecified atom stereocenters. The molecule has 0 fully saturated rings. The van der Waals surface area contributed by atoms with Crippen LogP contribution in [-0.2, 0) is 7.05 Å². The predicted molar refractivity (Wildman–Crippen MR) is 76.3 cm³/mol. The Balaban J connectivity index is 2.77. The molecule has 0 saturated carbocycles. The zero-order valence-corrected chi connectivity index (χ0v) is 13.1. The standard InChI is InChI=1S/C11H11Cl3N3S/c1-6-15-11(18-3)17(16(6)2)10-8(13)4-7(12)5-9(10)14/h4-5H,1-3H3/q+1. The zero-order chi connectivity index (χ0) is 13.4. The molecule has 0 bridgehead atoms. The van der Waals surface area contributed by atoms with Gasteiger partial charge < -0.3 is 0 Å². The summed E-state index contributed by atoms with van der Waals surface area (Å²) in [6.07, 6.45) is 1.95. The molecule has 0 atom stereocenters. The quantitative estimate of drug-likeness (QED) is 0.621. The number of benzene rings is 1. The molecule has 2 rings (SSSR count). The fourth-order valence-electron chi connectivity index (χ4n) is 1.65. The van der Waals surface area contributed by atoms with Crippen molar-refractivity contribution in [3.05, 3.63) is 33.0 Å². The van der Waals surface area contributed by atoms with Gasteiger partial charge in [0, 0.05) is 11.9 Å². The summed E-state index contributed by atoms with van der Waals surface area (Å²) in [4.78, 5) is 4.45. The van der Waals surface area contributed by atoms with Crippen LogP contribution in [0.2, 0.25) is 15.1 Å². The van der Waals surface area contributed by atoms with Crippen molar-refractivity contribution >= 4 is 46.6 Å². The summed E-state index contributed by atoms with van der Waals surface area (Å²) in [6.45, 7) is 1.92. The summed E-state index contributed by atoms with van der Waals surface area (Å²) in [5.74, 6) is 0.876. The van der Waals surface area contributed by atoms with E-state index in [1.165, 1.54) is 11.8 Å². The molecule has 18 heavy (non-hydrogen) atoms. The minimum atomic E-state index is 0.496. The number of rotatable bonds is 2. The average Bonchev–Trinajstić information content (AvgIpc) is 2.55. The Morgan fingerprint density at radius 1 is 1.22 bits per heavy atom. The minimum Gasteiger partial charge on any atom is -0.151 e. The third kappa shape index (κ3) is 2.35. The predicted octanol–water partition coefficient (Wildman–Crippen LogP) is 3.69. The van der Waals surface area contributed by atoms with Crippen LogP contribution >= 0.6 is 46.6 Å². The van der Waals surface area contributed by atoms with Crippen LogP contribution in [0.25, 0.3) is 5.69 Å². The molecule has 2 aromatic rings. The van der Waals surface area contributed by atoms with Crippen molar-refractivity contribution in [1.82, 2.24) is 9.67 Å². The number of hydrogen-bond donors (Lipinski definition) is 0. The van der Waals surface area contributed by atoms with Crippen LogP contribution in [-0.4, -0.2) is 15.9 Å². The number of aryl methyl sites for hydroxylation is 1. The molecule has 1 heterocycles. The van der Waals surface area contributed by atoms with Crippen molar-refractivity contribution in [2.45, 2.75) is 12.1 Å². The Bertz CT molecular complexity index is 587. The van der Waals surface area contributed by atoms with E-state index in [0.29, 0.717) is 20.8 Å². The molecule has 0 aliphatic carbocycles. The van der Waals surface area contributed by atoms with Gasteiger partial charge in [0.1, 0.15) is 12.7 Å². The molecule has 7 heteroatoms. The van der Waals surface area contributed by atoms with Crippen LogP contribution in [0, 0.1) is 6.92 Å². The summed E-state index contributed by atoms with van der Waals surface area (Å²) >= 11 is 19.9. The van der Waals surface area contributed by atoms with Gasteiger partial charge >= 0.3 is 11.0 Å². The first kappa shape index (κ1) is 14.0. The largest absolute Gasteiger partial charge is 0.317 e. The molecule has 1 aromatic carbocycles. The van der Waals surface area contributed by atoms with Crippen molar-refractivity contribution in [2.75, 3.05) is 6.26 Å². The van der Waals surface area contributed by atoms with Crippen molar-refractivity contribution in [1.29, 1.82) is 0 Å². The van der Waals surface area contributed by atoms with Gasteiger partial charge in [-0.2, -0.15) is 4.68 Å². The van der Waals surface area contributed by atoms with Gasteiger partial charge in [-0.1, -0.05) is 46.6 Å². The van der Waals surface area contributed by atoms with E-state index >= 15 is 0 Å². The van der Waals surface area contributed by atoms with Gasteiger partial charge in [0.05, 0.1) is 10.0 Å². The zero-order valence-electron chi connectivity index (χ0n) is 10.0. The van der Waals surface area contributed by atoms with Crippen molar-refractivity contribution in [3.8, 4) is 5.69 Å². The Kier molecular flexibility index (Phi) is 4.11. The maximum atomic E-state index is 6.24. The number of thioether (sulfide) groups is 1. The second-order valence-corrected chi connectivity index (χ2v) is 5.72.